The van der Waals surface area contributed by atoms with Crippen LogP contribution in [0, 0.1) is 0 Å². The number of sulfonamides is 1. The minimum Gasteiger partial charge on any atom is -0.495 e. The Morgan fingerprint density at radius 3 is 2.47 bits per heavy atom. The van der Waals surface area contributed by atoms with Crippen molar-refractivity contribution in [1.29, 1.82) is 0 Å². The highest BCUT2D eigenvalue weighted by atomic mass is 35.5. The number of halogens is 1. The predicted molar refractivity (Wildman–Crippen MR) is 114 cm³/mol. The average Bonchev–Trinajstić information content (AvgIpc) is 2.80. The molecule has 0 amide bonds. The number of aromatic nitrogens is 2. The van der Waals surface area contributed by atoms with E-state index >= 15 is 0 Å². The highest BCUT2D eigenvalue weighted by molar-refractivity contribution is 7.89. The van der Waals surface area contributed by atoms with E-state index in [1.165, 1.54) is 17.5 Å². The fourth-order valence-electron chi connectivity index (χ4n) is 3.64. The number of ether oxygens (including phenoxy) is 2. The zero-order valence-corrected chi connectivity index (χ0v) is 18.3. The van der Waals surface area contributed by atoms with Gasteiger partial charge in [-0.15, -0.1) is 5.10 Å². The fraction of sp³-hybridized carbons (Fsp3) is 0.474. The Balaban J connectivity index is 1.47. The second kappa shape index (κ2) is 8.93. The molecule has 0 unspecified atom stereocenters. The Morgan fingerprint density at radius 2 is 1.77 bits per heavy atom. The lowest BCUT2D eigenvalue weighted by Gasteiger charge is -2.36. The molecule has 3 heterocycles. The summed E-state index contributed by atoms with van der Waals surface area (Å²) in [5, 5.41) is 8.74. The summed E-state index contributed by atoms with van der Waals surface area (Å²) in [6.45, 7) is 4.73. The smallest absolute Gasteiger partial charge is 0.246 e. The predicted octanol–water partition coefficient (Wildman–Crippen LogP) is 1.49. The Hall–Kier alpha value is -2.14. The van der Waals surface area contributed by atoms with Gasteiger partial charge in [-0.3, -0.25) is 0 Å². The normalized spacial score (nSPS) is 18.5. The third-order valence-electron chi connectivity index (χ3n) is 5.31. The van der Waals surface area contributed by atoms with E-state index in [0.717, 1.165) is 24.6 Å². The van der Waals surface area contributed by atoms with Crippen LogP contribution in [0.2, 0.25) is 5.02 Å². The SMILES string of the molecule is COc1ccc(Cl)cc1S(=O)(=O)N1CCN(c2cnnc(N3CCOCC3)c2)CC1. The highest BCUT2D eigenvalue weighted by Crippen LogP contribution is 2.30. The largest absolute Gasteiger partial charge is 0.495 e. The van der Waals surface area contributed by atoms with Gasteiger partial charge in [0.15, 0.2) is 5.82 Å². The van der Waals surface area contributed by atoms with E-state index in [1.807, 2.05) is 6.07 Å². The number of anilines is 2. The molecule has 1 aromatic carbocycles. The molecule has 2 saturated heterocycles. The van der Waals surface area contributed by atoms with E-state index in [4.69, 9.17) is 21.1 Å². The Morgan fingerprint density at radius 1 is 1.03 bits per heavy atom. The van der Waals surface area contributed by atoms with E-state index in [-0.39, 0.29) is 10.6 Å². The monoisotopic (exact) mass is 453 g/mol. The van der Waals surface area contributed by atoms with Gasteiger partial charge in [-0.25, -0.2) is 8.42 Å². The summed E-state index contributed by atoms with van der Waals surface area (Å²) >= 11 is 6.03. The summed E-state index contributed by atoms with van der Waals surface area (Å²) in [6.07, 6.45) is 1.72. The van der Waals surface area contributed by atoms with Crippen molar-refractivity contribution in [1.82, 2.24) is 14.5 Å². The number of benzene rings is 1. The molecule has 11 heteroatoms. The molecule has 9 nitrogen and oxygen atoms in total. The lowest BCUT2D eigenvalue weighted by atomic mass is 10.3. The first kappa shape index (κ1) is 21.1. The molecular formula is C19H24ClN5O4S. The van der Waals surface area contributed by atoms with Crippen LogP contribution in [-0.2, 0) is 14.8 Å². The van der Waals surface area contributed by atoms with Crippen LogP contribution in [0.5, 0.6) is 5.75 Å². The zero-order chi connectivity index (χ0) is 21.1. The van der Waals surface area contributed by atoms with Crippen molar-refractivity contribution < 1.29 is 17.9 Å². The Labute approximate surface area is 181 Å². The number of hydrogen-bond acceptors (Lipinski definition) is 8. The van der Waals surface area contributed by atoms with Crippen molar-refractivity contribution in [3.05, 3.63) is 35.5 Å². The molecule has 2 fully saturated rings. The van der Waals surface area contributed by atoms with Crippen LogP contribution < -0.4 is 14.5 Å². The van der Waals surface area contributed by atoms with Crippen molar-refractivity contribution in [3.63, 3.8) is 0 Å². The number of hydrogen-bond donors (Lipinski definition) is 0. The van der Waals surface area contributed by atoms with Crippen molar-refractivity contribution in [2.24, 2.45) is 0 Å². The van der Waals surface area contributed by atoms with Gasteiger partial charge in [-0.2, -0.15) is 9.40 Å². The quantitative estimate of drug-likeness (QED) is 0.672. The van der Waals surface area contributed by atoms with Gasteiger partial charge < -0.3 is 19.3 Å². The molecule has 0 radical (unpaired) electrons. The number of methoxy groups -OCH3 is 1. The molecule has 1 aromatic heterocycles. The molecule has 4 rings (SSSR count). The van der Waals surface area contributed by atoms with Gasteiger partial charge in [0.1, 0.15) is 10.6 Å². The van der Waals surface area contributed by atoms with E-state index in [9.17, 15) is 8.42 Å². The second-order valence-electron chi connectivity index (χ2n) is 7.06. The van der Waals surface area contributed by atoms with Crippen LogP contribution in [0.15, 0.2) is 35.4 Å². The van der Waals surface area contributed by atoms with Crippen molar-refractivity contribution >= 4 is 33.1 Å². The summed E-state index contributed by atoms with van der Waals surface area (Å²) in [4.78, 5) is 4.36. The van der Waals surface area contributed by atoms with E-state index in [1.54, 1.807) is 18.3 Å². The van der Waals surface area contributed by atoms with Crippen molar-refractivity contribution in [3.8, 4) is 5.75 Å². The van der Waals surface area contributed by atoms with Gasteiger partial charge in [0.2, 0.25) is 10.0 Å². The third kappa shape index (κ3) is 4.31. The standard InChI is InChI=1S/C19H24ClN5O4S/c1-28-17-3-2-15(20)12-18(17)30(26,27)25-6-4-23(5-7-25)16-13-19(22-21-14-16)24-8-10-29-11-9-24/h2-3,12-14H,4-11H2,1H3. The molecule has 162 valence electrons. The number of morpholine rings is 1. The first-order chi connectivity index (χ1) is 14.5. The van der Waals surface area contributed by atoms with Gasteiger partial charge >= 0.3 is 0 Å². The summed E-state index contributed by atoms with van der Waals surface area (Å²) in [7, 11) is -2.26. The molecule has 0 N–H and O–H groups in total. The summed E-state index contributed by atoms with van der Waals surface area (Å²) in [5.41, 5.74) is 0.934. The Bertz CT molecular complexity index is 992. The lowest BCUT2D eigenvalue weighted by Crippen LogP contribution is -2.48. The van der Waals surface area contributed by atoms with Gasteiger partial charge in [0.05, 0.1) is 32.2 Å². The van der Waals surface area contributed by atoms with E-state index in [2.05, 4.69) is 20.0 Å². The molecule has 2 aromatic rings. The summed E-state index contributed by atoms with van der Waals surface area (Å²) in [6, 6.07) is 6.62. The fourth-order valence-corrected chi connectivity index (χ4v) is 5.48. The minimum absolute atomic E-state index is 0.0890. The van der Waals surface area contributed by atoms with Crippen molar-refractivity contribution in [2.45, 2.75) is 4.90 Å². The van der Waals surface area contributed by atoms with Crippen molar-refractivity contribution in [2.75, 3.05) is 69.4 Å². The van der Waals surface area contributed by atoms with Crippen LogP contribution in [0.25, 0.3) is 0 Å². The molecular weight excluding hydrogens is 430 g/mol. The van der Waals surface area contributed by atoms with E-state index in [0.29, 0.717) is 44.4 Å². The zero-order valence-electron chi connectivity index (χ0n) is 16.7. The average molecular weight is 454 g/mol. The maximum atomic E-state index is 13.2. The van der Waals surface area contributed by atoms with Gasteiger partial charge in [0.25, 0.3) is 0 Å². The third-order valence-corrected chi connectivity index (χ3v) is 7.46. The second-order valence-corrected chi connectivity index (χ2v) is 9.40. The lowest BCUT2D eigenvalue weighted by molar-refractivity contribution is 0.122. The maximum Gasteiger partial charge on any atom is 0.246 e. The molecule has 0 spiro atoms. The van der Waals surface area contributed by atoms with Gasteiger partial charge in [-0.1, -0.05) is 11.6 Å². The molecule has 0 bridgehead atoms. The van der Waals surface area contributed by atoms with Crippen LogP contribution in [-0.4, -0.2) is 82.5 Å². The number of nitrogens with zero attached hydrogens (tertiary/aromatic N) is 5. The first-order valence-corrected chi connectivity index (χ1v) is 11.5. The molecule has 2 aliphatic heterocycles. The minimum atomic E-state index is -3.71. The van der Waals surface area contributed by atoms with E-state index < -0.39 is 10.0 Å². The van der Waals surface area contributed by atoms with Crippen LogP contribution >= 0.6 is 11.6 Å². The van der Waals surface area contributed by atoms with Gasteiger partial charge in [-0.05, 0) is 18.2 Å². The van der Waals surface area contributed by atoms with Crippen LogP contribution in [0.3, 0.4) is 0 Å². The van der Waals surface area contributed by atoms with Crippen LogP contribution in [0.4, 0.5) is 11.5 Å². The Kier molecular flexibility index (Phi) is 6.28. The maximum absolute atomic E-state index is 13.2. The highest BCUT2D eigenvalue weighted by Gasteiger charge is 2.31. The molecule has 30 heavy (non-hydrogen) atoms. The molecule has 0 atom stereocenters. The summed E-state index contributed by atoms with van der Waals surface area (Å²) < 4.78 is 38.4. The number of rotatable bonds is 5. The topological polar surface area (TPSA) is 88.1 Å². The van der Waals surface area contributed by atoms with Crippen LogP contribution in [0.1, 0.15) is 0 Å². The number of piperazine rings is 1. The molecule has 0 saturated carbocycles. The van der Waals surface area contributed by atoms with Gasteiger partial charge in [0, 0.05) is 50.4 Å². The summed E-state index contributed by atoms with van der Waals surface area (Å²) in [5.74, 6) is 1.10. The molecule has 0 aliphatic carbocycles. The molecule has 2 aliphatic rings. The first-order valence-electron chi connectivity index (χ1n) is 9.73.